The van der Waals surface area contributed by atoms with Gasteiger partial charge in [-0.1, -0.05) is 30.3 Å². The first-order chi connectivity index (χ1) is 10.0. The molecule has 0 bridgehead atoms. The Morgan fingerprint density at radius 1 is 1.14 bits per heavy atom. The van der Waals surface area contributed by atoms with E-state index in [0.29, 0.717) is 6.54 Å². The Kier molecular flexibility index (Phi) is 5.22. The first-order valence-corrected chi connectivity index (χ1v) is 7.97. The van der Waals surface area contributed by atoms with Gasteiger partial charge in [0.1, 0.15) is 0 Å². The van der Waals surface area contributed by atoms with Gasteiger partial charge in [-0.05, 0) is 60.2 Å². The van der Waals surface area contributed by atoms with Crippen molar-refractivity contribution in [3.05, 3.63) is 63.2 Å². The van der Waals surface area contributed by atoms with Crippen molar-refractivity contribution >= 4 is 34.2 Å². The van der Waals surface area contributed by atoms with Crippen LogP contribution in [-0.2, 0) is 6.54 Å². The predicted molar refractivity (Wildman–Crippen MR) is 95.0 cm³/mol. The lowest BCUT2D eigenvalue weighted by Gasteiger charge is -2.28. The summed E-state index contributed by atoms with van der Waals surface area (Å²) in [5.41, 5.74) is 8.43. The minimum absolute atomic E-state index is 0.0400. The zero-order chi connectivity index (χ0) is 15.4. The second kappa shape index (κ2) is 6.93. The van der Waals surface area contributed by atoms with Gasteiger partial charge in [-0.3, -0.25) is 4.79 Å². The number of carbonyl (C=O) groups excluding carboxylic acids is 1. The van der Waals surface area contributed by atoms with Gasteiger partial charge in [0.25, 0.3) is 5.91 Å². The van der Waals surface area contributed by atoms with Crippen LogP contribution in [0.2, 0.25) is 0 Å². The van der Waals surface area contributed by atoms with Crippen molar-refractivity contribution in [1.29, 1.82) is 0 Å². The fraction of sp³-hybridized carbons (Fsp3) is 0.235. The summed E-state index contributed by atoms with van der Waals surface area (Å²) in [6.45, 7) is 4.56. The fourth-order valence-corrected chi connectivity index (χ4v) is 2.76. The maximum atomic E-state index is 12.8. The quantitative estimate of drug-likeness (QED) is 0.631. The maximum Gasteiger partial charge on any atom is 0.255 e. The lowest BCUT2D eigenvalue weighted by Crippen LogP contribution is -2.37. The number of hydrogen-bond acceptors (Lipinski definition) is 2. The highest BCUT2D eigenvalue weighted by molar-refractivity contribution is 14.1. The molecule has 2 rings (SSSR count). The topological polar surface area (TPSA) is 46.3 Å². The van der Waals surface area contributed by atoms with Crippen molar-refractivity contribution < 1.29 is 4.79 Å². The van der Waals surface area contributed by atoms with E-state index in [1.54, 1.807) is 0 Å². The number of carbonyl (C=O) groups is 1. The van der Waals surface area contributed by atoms with E-state index in [2.05, 4.69) is 22.6 Å². The molecule has 2 aromatic rings. The second-order valence-electron chi connectivity index (χ2n) is 5.21. The molecular formula is C17H19IN2O. The number of nitrogens with zero attached hydrogens (tertiary/aromatic N) is 1. The van der Waals surface area contributed by atoms with Crippen LogP contribution in [0, 0.1) is 3.57 Å². The van der Waals surface area contributed by atoms with Crippen LogP contribution in [-0.4, -0.2) is 16.8 Å². The molecule has 0 unspecified atom stereocenters. The maximum absolute atomic E-state index is 12.8. The molecule has 4 heteroatoms. The van der Waals surface area contributed by atoms with Crippen LogP contribution in [0.15, 0.2) is 48.5 Å². The van der Waals surface area contributed by atoms with Crippen molar-refractivity contribution in [3.8, 4) is 0 Å². The number of para-hydroxylation sites is 1. The van der Waals surface area contributed by atoms with Crippen LogP contribution in [0.25, 0.3) is 0 Å². The van der Waals surface area contributed by atoms with Gasteiger partial charge in [0.05, 0.1) is 5.56 Å². The average Bonchev–Trinajstić information content (AvgIpc) is 2.46. The van der Waals surface area contributed by atoms with Gasteiger partial charge >= 0.3 is 0 Å². The molecule has 3 nitrogen and oxygen atoms in total. The lowest BCUT2D eigenvalue weighted by atomic mass is 10.1. The molecule has 0 aliphatic heterocycles. The van der Waals surface area contributed by atoms with Gasteiger partial charge in [0, 0.05) is 21.8 Å². The summed E-state index contributed by atoms with van der Waals surface area (Å²) < 4.78 is 0.965. The SMILES string of the molecule is CC(C)N(Cc1ccccc1N)C(=O)c1ccccc1I. The zero-order valence-corrected chi connectivity index (χ0v) is 14.4. The predicted octanol–water partition coefficient (Wildman–Crippen LogP) is 3.92. The van der Waals surface area contributed by atoms with Gasteiger partial charge in [-0.25, -0.2) is 0 Å². The summed E-state index contributed by atoms with van der Waals surface area (Å²) in [6, 6.07) is 15.4. The molecule has 0 heterocycles. The van der Waals surface area contributed by atoms with Crippen LogP contribution in [0.4, 0.5) is 5.69 Å². The third-order valence-electron chi connectivity index (χ3n) is 3.38. The monoisotopic (exact) mass is 394 g/mol. The number of nitrogen functional groups attached to an aromatic ring is 1. The van der Waals surface area contributed by atoms with Crippen molar-refractivity contribution in [3.63, 3.8) is 0 Å². The van der Waals surface area contributed by atoms with Crippen molar-refractivity contribution in [2.45, 2.75) is 26.4 Å². The molecule has 0 saturated carbocycles. The van der Waals surface area contributed by atoms with Crippen molar-refractivity contribution in [2.24, 2.45) is 0 Å². The van der Waals surface area contributed by atoms with E-state index in [9.17, 15) is 4.79 Å². The first-order valence-electron chi connectivity index (χ1n) is 6.89. The standard InChI is InChI=1S/C17H19IN2O/c1-12(2)20(11-13-7-3-6-10-16(13)19)17(21)14-8-4-5-9-15(14)18/h3-10,12H,11,19H2,1-2H3. The smallest absolute Gasteiger partial charge is 0.255 e. The Hall–Kier alpha value is -1.56. The number of amides is 1. The van der Waals surface area contributed by atoms with Gasteiger partial charge < -0.3 is 10.6 Å². The fourth-order valence-electron chi connectivity index (χ4n) is 2.14. The van der Waals surface area contributed by atoms with Crippen LogP contribution in [0.1, 0.15) is 29.8 Å². The molecule has 0 fully saturated rings. The normalized spacial score (nSPS) is 10.7. The first kappa shape index (κ1) is 15.8. The Balaban J connectivity index is 2.30. The Morgan fingerprint density at radius 2 is 1.76 bits per heavy atom. The highest BCUT2D eigenvalue weighted by Gasteiger charge is 2.21. The van der Waals surface area contributed by atoms with E-state index in [1.165, 1.54) is 0 Å². The third kappa shape index (κ3) is 3.75. The molecule has 0 aromatic heterocycles. The molecule has 21 heavy (non-hydrogen) atoms. The van der Waals surface area contributed by atoms with Crippen molar-refractivity contribution in [1.82, 2.24) is 4.90 Å². The molecule has 0 spiro atoms. The highest BCUT2D eigenvalue weighted by Crippen LogP contribution is 2.20. The third-order valence-corrected chi connectivity index (χ3v) is 4.32. The molecule has 1 amide bonds. The summed E-state index contributed by atoms with van der Waals surface area (Å²) in [4.78, 5) is 14.7. The zero-order valence-electron chi connectivity index (χ0n) is 12.2. The van der Waals surface area contributed by atoms with E-state index >= 15 is 0 Å². The molecule has 0 saturated heterocycles. The largest absolute Gasteiger partial charge is 0.398 e. The van der Waals surface area contributed by atoms with E-state index in [4.69, 9.17) is 5.73 Å². The molecule has 0 aliphatic carbocycles. The van der Waals surface area contributed by atoms with E-state index in [-0.39, 0.29) is 11.9 Å². The molecule has 2 N–H and O–H groups in total. The number of nitrogens with two attached hydrogens (primary N) is 1. The summed E-state index contributed by atoms with van der Waals surface area (Å²) in [5, 5.41) is 0. The van der Waals surface area contributed by atoms with E-state index in [0.717, 1.165) is 20.4 Å². The second-order valence-corrected chi connectivity index (χ2v) is 6.37. The number of hydrogen-bond donors (Lipinski definition) is 1. The summed E-state index contributed by atoms with van der Waals surface area (Å²) >= 11 is 2.20. The summed E-state index contributed by atoms with van der Waals surface area (Å²) in [6.07, 6.45) is 0. The molecule has 0 radical (unpaired) electrons. The number of halogens is 1. The van der Waals surface area contributed by atoms with Gasteiger partial charge in [-0.15, -0.1) is 0 Å². The minimum atomic E-state index is 0.0400. The molecule has 0 atom stereocenters. The van der Waals surface area contributed by atoms with Gasteiger partial charge in [-0.2, -0.15) is 0 Å². The molecule has 0 aliphatic rings. The van der Waals surface area contributed by atoms with Gasteiger partial charge in [0.2, 0.25) is 0 Å². The minimum Gasteiger partial charge on any atom is -0.398 e. The van der Waals surface area contributed by atoms with Crippen molar-refractivity contribution in [2.75, 3.05) is 5.73 Å². The van der Waals surface area contributed by atoms with Crippen LogP contribution < -0.4 is 5.73 Å². The summed E-state index contributed by atoms with van der Waals surface area (Å²) in [5.74, 6) is 0.0400. The van der Waals surface area contributed by atoms with E-state index in [1.807, 2.05) is 67.3 Å². The average molecular weight is 394 g/mol. The van der Waals surface area contributed by atoms with Crippen LogP contribution >= 0.6 is 22.6 Å². The Labute approximate surface area is 139 Å². The highest BCUT2D eigenvalue weighted by atomic mass is 127. The van der Waals surface area contributed by atoms with E-state index < -0.39 is 0 Å². The van der Waals surface area contributed by atoms with Crippen LogP contribution in [0.3, 0.4) is 0 Å². The number of rotatable bonds is 4. The van der Waals surface area contributed by atoms with Gasteiger partial charge in [0.15, 0.2) is 0 Å². The Morgan fingerprint density at radius 3 is 2.38 bits per heavy atom. The Bertz CT molecular complexity index is 640. The summed E-state index contributed by atoms with van der Waals surface area (Å²) in [7, 11) is 0. The lowest BCUT2D eigenvalue weighted by molar-refractivity contribution is 0.0689. The molecule has 2 aromatic carbocycles. The van der Waals surface area contributed by atoms with Crippen LogP contribution in [0.5, 0.6) is 0 Å². The molecular weight excluding hydrogens is 375 g/mol. The molecule has 110 valence electrons. The number of benzene rings is 2. The number of anilines is 1.